The highest BCUT2D eigenvalue weighted by Gasteiger charge is 2.05. The minimum atomic E-state index is 0.339. The largest absolute Gasteiger partial charge is 0.375 e. The molecule has 0 amide bonds. The Balaban J connectivity index is 2.24. The van der Waals surface area contributed by atoms with Crippen molar-refractivity contribution in [3.8, 4) is 0 Å². The maximum Gasteiger partial charge on any atom is 0.0717 e. The van der Waals surface area contributed by atoms with Gasteiger partial charge in [-0.05, 0) is 24.9 Å². The van der Waals surface area contributed by atoms with Gasteiger partial charge in [-0.1, -0.05) is 42.5 Å². The first kappa shape index (κ1) is 14.7. The number of ether oxygens (including phenoxy) is 1. The van der Waals surface area contributed by atoms with E-state index in [1.54, 1.807) is 0 Å². The summed E-state index contributed by atoms with van der Waals surface area (Å²) in [5, 5.41) is 3.44. The predicted octanol–water partition coefficient (Wildman–Crippen LogP) is 3.31. The first-order valence-electron chi connectivity index (χ1n) is 6.43. The number of hydrogen-bond acceptors (Lipinski definition) is 2. The van der Waals surface area contributed by atoms with Crippen LogP contribution in [0.5, 0.6) is 0 Å². The molecular weight excluding hydrogens is 222 g/mol. The standard InChI is InChI=1S/C16H23NO/c1-3-5-12-17-16(9-4-2)14-18-13-15-10-7-6-8-11-15/h3-4,6-8,10-11,16-17H,1-2,5,9,12-14H2/t16-/m0/s1. The topological polar surface area (TPSA) is 21.3 Å². The van der Waals surface area contributed by atoms with Gasteiger partial charge in [-0.15, -0.1) is 13.2 Å². The third-order valence-corrected chi connectivity index (χ3v) is 2.66. The van der Waals surface area contributed by atoms with Crippen LogP contribution in [0, 0.1) is 0 Å². The summed E-state index contributed by atoms with van der Waals surface area (Å²) < 4.78 is 5.73. The Morgan fingerprint density at radius 2 is 1.94 bits per heavy atom. The molecule has 2 heteroatoms. The summed E-state index contributed by atoms with van der Waals surface area (Å²) >= 11 is 0. The maximum atomic E-state index is 5.73. The van der Waals surface area contributed by atoms with Crippen LogP contribution in [-0.4, -0.2) is 19.2 Å². The highest BCUT2D eigenvalue weighted by molar-refractivity contribution is 5.13. The van der Waals surface area contributed by atoms with Gasteiger partial charge in [0.15, 0.2) is 0 Å². The maximum absolute atomic E-state index is 5.73. The second-order valence-corrected chi connectivity index (χ2v) is 4.25. The molecule has 0 fully saturated rings. The fourth-order valence-electron chi connectivity index (χ4n) is 1.69. The summed E-state index contributed by atoms with van der Waals surface area (Å²) in [5.41, 5.74) is 1.21. The van der Waals surface area contributed by atoms with Crippen molar-refractivity contribution in [2.75, 3.05) is 13.2 Å². The van der Waals surface area contributed by atoms with E-state index in [4.69, 9.17) is 4.74 Å². The normalized spacial score (nSPS) is 12.0. The molecule has 0 aliphatic rings. The quantitative estimate of drug-likeness (QED) is 0.504. The molecular formula is C16H23NO. The molecule has 1 aromatic rings. The van der Waals surface area contributed by atoms with Gasteiger partial charge in [-0.2, -0.15) is 0 Å². The lowest BCUT2D eigenvalue weighted by Gasteiger charge is -2.17. The Kier molecular flexibility index (Phi) is 7.85. The molecule has 0 unspecified atom stereocenters. The molecule has 1 rings (SSSR count). The summed E-state index contributed by atoms with van der Waals surface area (Å²) in [6.07, 6.45) is 5.75. The second kappa shape index (κ2) is 9.63. The average molecular weight is 245 g/mol. The zero-order chi connectivity index (χ0) is 13.1. The molecule has 0 radical (unpaired) electrons. The first-order chi connectivity index (χ1) is 8.86. The van der Waals surface area contributed by atoms with Crippen LogP contribution in [0.2, 0.25) is 0 Å². The molecule has 0 saturated heterocycles. The van der Waals surface area contributed by atoms with Crippen molar-refractivity contribution in [2.45, 2.75) is 25.5 Å². The molecule has 0 heterocycles. The second-order valence-electron chi connectivity index (χ2n) is 4.25. The van der Waals surface area contributed by atoms with Gasteiger partial charge in [0, 0.05) is 6.04 Å². The van der Waals surface area contributed by atoms with Gasteiger partial charge in [0.05, 0.1) is 13.2 Å². The lowest BCUT2D eigenvalue weighted by Crippen LogP contribution is -2.33. The zero-order valence-electron chi connectivity index (χ0n) is 11.0. The van der Waals surface area contributed by atoms with E-state index in [9.17, 15) is 0 Å². The number of rotatable bonds is 10. The van der Waals surface area contributed by atoms with E-state index in [1.807, 2.05) is 30.4 Å². The van der Waals surface area contributed by atoms with Crippen molar-refractivity contribution in [2.24, 2.45) is 0 Å². The van der Waals surface area contributed by atoms with E-state index in [0.717, 1.165) is 19.4 Å². The van der Waals surface area contributed by atoms with Crippen LogP contribution in [-0.2, 0) is 11.3 Å². The molecule has 1 N–H and O–H groups in total. The lowest BCUT2D eigenvalue weighted by molar-refractivity contribution is 0.0993. The Labute approximate surface area is 110 Å². The van der Waals surface area contributed by atoms with Crippen LogP contribution in [0.25, 0.3) is 0 Å². The minimum absolute atomic E-state index is 0.339. The summed E-state index contributed by atoms with van der Waals surface area (Å²) in [5.74, 6) is 0. The summed E-state index contributed by atoms with van der Waals surface area (Å²) in [7, 11) is 0. The number of benzene rings is 1. The molecule has 0 bridgehead atoms. The van der Waals surface area contributed by atoms with Crippen LogP contribution in [0.15, 0.2) is 55.6 Å². The SMILES string of the molecule is C=CCCN[C@@H](CC=C)COCc1ccccc1. The average Bonchev–Trinajstić information content (AvgIpc) is 2.40. The molecule has 1 aromatic carbocycles. The summed E-state index contributed by atoms with van der Waals surface area (Å²) in [6, 6.07) is 10.6. The Morgan fingerprint density at radius 3 is 2.61 bits per heavy atom. The van der Waals surface area contributed by atoms with E-state index in [-0.39, 0.29) is 0 Å². The molecule has 98 valence electrons. The van der Waals surface area contributed by atoms with Gasteiger partial charge >= 0.3 is 0 Å². The molecule has 2 nitrogen and oxygen atoms in total. The van der Waals surface area contributed by atoms with Crippen molar-refractivity contribution in [3.05, 3.63) is 61.2 Å². The van der Waals surface area contributed by atoms with Crippen molar-refractivity contribution in [1.82, 2.24) is 5.32 Å². The van der Waals surface area contributed by atoms with Gasteiger partial charge in [0.1, 0.15) is 0 Å². The third-order valence-electron chi connectivity index (χ3n) is 2.66. The predicted molar refractivity (Wildman–Crippen MR) is 77.5 cm³/mol. The monoisotopic (exact) mass is 245 g/mol. The van der Waals surface area contributed by atoms with Gasteiger partial charge < -0.3 is 10.1 Å². The lowest BCUT2D eigenvalue weighted by atomic mass is 10.2. The summed E-state index contributed by atoms with van der Waals surface area (Å²) in [6.45, 7) is 9.81. The van der Waals surface area contributed by atoms with Gasteiger partial charge in [0.2, 0.25) is 0 Å². The minimum Gasteiger partial charge on any atom is -0.375 e. The van der Waals surface area contributed by atoms with E-state index in [0.29, 0.717) is 19.3 Å². The first-order valence-corrected chi connectivity index (χ1v) is 6.43. The van der Waals surface area contributed by atoms with Gasteiger partial charge in [-0.3, -0.25) is 0 Å². The van der Waals surface area contributed by atoms with Crippen LogP contribution in [0.3, 0.4) is 0 Å². The third kappa shape index (κ3) is 6.38. The van der Waals surface area contributed by atoms with Crippen LogP contribution in [0.4, 0.5) is 0 Å². The Bertz CT molecular complexity index is 334. The van der Waals surface area contributed by atoms with Crippen molar-refractivity contribution in [3.63, 3.8) is 0 Å². The molecule has 0 aliphatic carbocycles. The Hall–Kier alpha value is -1.38. The molecule has 1 atom stereocenters. The molecule has 0 saturated carbocycles. The van der Waals surface area contributed by atoms with Crippen molar-refractivity contribution < 1.29 is 4.74 Å². The Morgan fingerprint density at radius 1 is 1.17 bits per heavy atom. The fraction of sp³-hybridized carbons (Fsp3) is 0.375. The number of hydrogen-bond donors (Lipinski definition) is 1. The van der Waals surface area contributed by atoms with Gasteiger partial charge in [0.25, 0.3) is 0 Å². The molecule has 0 spiro atoms. The molecule has 0 aliphatic heterocycles. The fourth-order valence-corrected chi connectivity index (χ4v) is 1.69. The highest BCUT2D eigenvalue weighted by atomic mass is 16.5. The van der Waals surface area contributed by atoms with E-state index in [1.165, 1.54) is 5.56 Å². The van der Waals surface area contributed by atoms with Gasteiger partial charge in [-0.25, -0.2) is 0 Å². The summed E-state index contributed by atoms with van der Waals surface area (Å²) in [4.78, 5) is 0. The van der Waals surface area contributed by atoms with Crippen LogP contribution in [0.1, 0.15) is 18.4 Å². The smallest absolute Gasteiger partial charge is 0.0717 e. The van der Waals surface area contributed by atoms with E-state index in [2.05, 4.69) is 30.6 Å². The van der Waals surface area contributed by atoms with Crippen molar-refractivity contribution >= 4 is 0 Å². The molecule has 0 aromatic heterocycles. The van der Waals surface area contributed by atoms with E-state index >= 15 is 0 Å². The highest BCUT2D eigenvalue weighted by Crippen LogP contribution is 2.02. The zero-order valence-corrected chi connectivity index (χ0v) is 11.0. The van der Waals surface area contributed by atoms with Crippen molar-refractivity contribution in [1.29, 1.82) is 0 Å². The van der Waals surface area contributed by atoms with Crippen LogP contribution >= 0.6 is 0 Å². The number of nitrogens with one attached hydrogen (secondary N) is 1. The molecule has 18 heavy (non-hydrogen) atoms. The van der Waals surface area contributed by atoms with E-state index < -0.39 is 0 Å². The van der Waals surface area contributed by atoms with Crippen LogP contribution < -0.4 is 5.32 Å².